The van der Waals surface area contributed by atoms with Crippen LogP contribution in [0.5, 0.6) is 0 Å². The summed E-state index contributed by atoms with van der Waals surface area (Å²) in [5, 5.41) is 9.29. The van der Waals surface area contributed by atoms with E-state index in [9.17, 15) is 13.5 Å². The van der Waals surface area contributed by atoms with Crippen molar-refractivity contribution in [1.82, 2.24) is 4.31 Å². The van der Waals surface area contributed by atoms with Crippen molar-refractivity contribution in [3.8, 4) is 0 Å². The van der Waals surface area contributed by atoms with Gasteiger partial charge < -0.3 is 5.11 Å². The minimum atomic E-state index is -3.48. The Bertz CT molecular complexity index is 583. The second-order valence-corrected chi connectivity index (χ2v) is 7.49. The molecule has 2 rings (SSSR count). The molecule has 1 N–H and O–H groups in total. The molecule has 0 radical (unpaired) electrons. The van der Waals surface area contributed by atoms with Gasteiger partial charge in [0.15, 0.2) is 0 Å². The van der Waals surface area contributed by atoms with Crippen molar-refractivity contribution in [1.29, 1.82) is 0 Å². The molecule has 1 atom stereocenters. The lowest BCUT2D eigenvalue weighted by Crippen LogP contribution is -2.43. The fourth-order valence-corrected chi connectivity index (χ4v) is 5.17. The third-order valence-corrected chi connectivity index (χ3v) is 6.36. The maximum absolute atomic E-state index is 13.0. The van der Waals surface area contributed by atoms with Gasteiger partial charge in [0.2, 0.25) is 10.0 Å². The molecular formula is C16H25NO3S. The zero-order valence-electron chi connectivity index (χ0n) is 12.9. The first kappa shape index (κ1) is 16.5. The van der Waals surface area contributed by atoms with Crippen LogP contribution in [0.25, 0.3) is 0 Å². The number of aliphatic hydroxyl groups excluding tert-OH is 1. The Morgan fingerprint density at radius 2 is 2.05 bits per heavy atom. The van der Waals surface area contributed by atoms with Crippen LogP contribution in [0.3, 0.4) is 0 Å². The lowest BCUT2D eigenvalue weighted by molar-refractivity contribution is 0.246. The average molecular weight is 311 g/mol. The summed E-state index contributed by atoms with van der Waals surface area (Å²) < 4.78 is 27.8. The number of benzene rings is 1. The van der Waals surface area contributed by atoms with E-state index in [2.05, 4.69) is 0 Å². The van der Waals surface area contributed by atoms with E-state index in [1.807, 2.05) is 19.9 Å². The highest BCUT2D eigenvalue weighted by molar-refractivity contribution is 7.89. The van der Waals surface area contributed by atoms with E-state index in [1.165, 1.54) is 0 Å². The van der Waals surface area contributed by atoms with Crippen molar-refractivity contribution in [2.24, 2.45) is 0 Å². The molecule has 1 aliphatic rings. The van der Waals surface area contributed by atoms with Gasteiger partial charge in [0, 0.05) is 12.6 Å². The normalized spacial score (nSPS) is 20.6. The minimum absolute atomic E-state index is 0.103. The fourth-order valence-electron chi connectivity index (χ4n) is 3.05. The van der Waals surface area contributed by atoms with Gasteiger partial charge in [-0.1, -0.05) is 32.4 Å². The van der Waals surface area contributed by atoms with Crippen LogP contribution >= 0.6 is 0 Å². The molecule has 0 aliphatic carbocycles. The number of hydrogen-bond donors (Lipinski definition) is 1. The van der Waals surface area contributed by atoms with Gasteiger partial charge in [-0.05, 0) is 42.9 Å². The predicted octanol–water partition coefficient (Wildman–Crippen LogP) is 2.69. The second-order valence-electron chi connectivity index (χ2n) is 5.63. The van der Waals surface area contributed by atoms with E-state index in [1.54, 1.807) is 16.4 Å². The first-order valence-corrected chi connectivity index (χ1v) is 9.23. The smallest absolute Gasteiger partial charge is 0.243 e. The zero-order chi connectivity index (χ0) is 15.5. The minimum Gasteiger partial charge on any atom is -0.392 e. The monoisotopic (exact) mass is 311 g/mol. The van der Waals surface area contributed by atoms with Crippen LogP contribution in [-0.4, -0.2) is 30.4 Å². The highest BCUT2D eigenvalue weighted by atomic mass is 32.2. The first-order valence-electron chi connectivity index (χ1n) is 7.79. The molecule has 1 aromatic rings. The number of rotatable bonds is 5. The van der Waals surface area contributed by atoms with Gasteiger partial charge >= 0.3 is 0 Å². The SMILES string of the molecule is CCc1ccc(CO)cc1S(=O)(=O)N1CCCCC1CC. The highest BCUT2D eigenvalue weighted by Gasteiger charge is 2.33. The molecule has 1 heterocycles. The van der Waals surface area contributed by atoms with E-state index >= 15 is 0 Å². The topological polar surface area (TPSA) is 57.6 Å². The molecule has 21 heavy (non-hydrogen) atoms. The van der Waals surface area contributed by atoms with Gasteiger partial charge in [0.05, 0.1) is 11.5 Å². The van der Waals surface area contributed by atoms with Gasteiger partial charge in [-0.25, -0.2) is 8.42 Å². The lowest BCUT2D eigenvalue weighted by Gasteiger charge is -2.34. The van der Waals surface area contributed by atoms with Gasteiger partial charge in [-0.2, -0.15) is 4.31 Å². The molecule has 0 aromatic heterocycles. The molecule has 1 unspecified atom stereocenters. The van der Waals surface area contributed by atoms with E-state index < -0.39 is 10.0 Å². The van der Waals surface area contributed by atoms with Crippen LogP contribution in [0, 0.1) is 0 Å². The van der Waals surface area contributed by atoms with Crippen LogP contribution < -0.4 is 0 Å². The number of piperidine rings is 1. The van der Waals surface area contributed by atoms with Crippen LogP contribution in [-0.2, 0) is 23.1 Å². The molecule has 0 amide bonds. The summed E-state index contributed by atoms with van der Waals surface area (Å²) in [5.41, 5.74) is 1.48. The van der Waals surface area contributed by atoms with Crippen LogP contribution in [0.4, 0.5) is 0 Å². The van der Waals surface area contributed by atoms with Crippen LogP contribution in [0.2, 0.25) is 0 Å². The Labute approximate surface area is 127 Å². The predicted molar refractivity (Wildman–Crippen MR) is 83.6 cm³/mol. The lowest BCUT2D eigenvalue weighted by atomic mass is 10.0. The molecule has 0 spiro atoms. The van der Waals surface area contributed by atoms with Crippen LogP contribution in [0.1, 0.15) is 50.7 Å². The number of aliphatic hydroxyl groups is 1. The third-order valence-electron chi connectivity index (χ3n) is 4.33. The van der Waals surface area contributed by atoms with Crippen molar-refractivity contribution in [3.63, 3.8) is 0 Å². The van der Waals surface area contributed by atoms with Gasteiger partial charge in [-0.3, -0.25) is 0 Å². The fraction of sp³-hybridized carbons (Fsp3) is 0.625. The Hall–Kier alpha value is -0.910. The van der Waals surface area contributed by atoms with Crippen molar-refractivity contribution >= 4 is 10.0 Å². The van der Waals surface area contributed by atoms with E-state index in [-0.39, 0.29) is 12.6 Å². The Kier molecular flexibility index (Phi) is 5.41. The molecule has 4 nitrogen and oxygen atoms in total. The summed E-state index contributed by atoms with van der Waals surface area (Å²) in [5.74, 6) is 0. The van der Waals surface area contributed by atoms with Crippen molar-refractivity contribution < 1.29 is 13.5 Å². The zero-order valence-corrected chi connectivity index (χ0v) is 13.7. The number of sulfonamides is 1. The Morgan fingerprint density at radius 1 is 1.29 bits per heavy atom. The number of hydrogen-bond acceptors (Lipinski definition) is 3. The largest absolute Gasteiger partial charge is 0.392 e. The molecule has 118 valence electrons. The van der Waals surface area contributed by atoms with Gasteiger partial charge in [0.1, 0.15) is 0 Å². The maximum Gasteiger partial charge on any atom is 0.243 e. The van der Waals surface area contributed by atoms with Crippen molar-refractivity contribution in [3.05, 3.63) is 29.3 Å². The molecule has 0 bridgehead atoms. The summed E-state index contributed by atoms with van der Waals surface area (Å²) in [6.07, 6.45) is 4.49. The van der Waals surface area contributed by atoms with Crippen molar-refractivity contribution in [2.45, 2.75) is 63.5 Å². The maximum atomic E-state index is 13.0. The van der Waals surface area contributed by atoms with Crippen molar-refractivity contribution in [2.75, 3.05) is 6.54 Å². The molecule has 1 fully saturated rings. The molecular weight excluding hydrogens is 286 g/mol. The highest BCUT2D eigenvalue weighted by Crippen LogP contribution is 2.29. The molecule has 5 heteroatoms. The Morgan fingerprint density at radius 3 is 2.67 bits per heavy atom. The van der Waals surface area contributed by atoms with Gasteiger partial charge in [0.25, 0.3) is 0 Å². The van der Waals surface area contributed by atoms with E-state index in [0.717, 1.165) is 31.2 Å². The average Bonchev–Trinajstić information content (AvgIpc) is 2.54. The molecule has 0 saturated carbocycles. The standard InChI is InChI=1S/C16H25NO3S/c1-3-14-9-8-13(12-18)11-16(14)21(19,20)17-10-6-5-7-15(17)4-2/h8-9,11,15,18H,3-7,10,12H2,1-2H3. The summed E-state index contributed by atoms with van der Waals surface area (Å²) in [7, 11) is -3.48. The van der Waals surface area contributed by atoms with Crippen LogP contribution in [0.15, 0.2) is 23.1 Å². The second kappa shape index (κ2) is 6.90. The molecule has 1 aliphatic heterocycles. The molecule has 1 aromatic carbocycles. The van der Waals surface area contributed by atoms with Gasteiger partial charge in [-0.15, -0.1) is 0 Å². The first-order chi connectivity index (χ1) is 10.0. The summed E-state index contributed by atoms with van der Waals surface area (Å²) in [6, 6.07) is 5.36. The number of aryl methyl sites for hydroxylation is 1. The number of nitrogens with zero attached hydrogens (tertiary/aromatic N) is 1. The summed E-state index contributed by atoms with van der Waals surface area (Å²) in [6.45, 7) is 4.47. The van der Waals surface area contributed by atoms with E-state index in [0.29, 0.717) is 23.4 Å². The Balaban J connectivity index is 2.47. The summed E-state index contributed by atoms with van der Waals surface area (Å²) in [4.78, 5) is 0.372. The summed E-state index contributed by atoms with van der Waals surface area (Å²) >= 11 is 0. The van der Waals surface area contributed by atoms with E-state index in [4.69, 9.17) is 0 Å². The molecule has 1 saturated heterocycles. The third kappa shape index (κ3) is 3.30. The quantitative estimate of drug-likeness (QED) is 0.909.